The molecule has 0 aliphatic carbocycles. The van der Waals surface area contributed by atoms with Crippen LogP contribution >= 0.6 is 0 Å². The summed E-state index contributed by atoms with van der Waals surface area (Å²) in [6.45, 7) is 0.974. The van der Waals surface area contributed by atoms with E-state index in [9.17, 15) is 14.0 Å². The van der Waals surface area contributed by atoms with Gasteiger partial charge in [0.2, 0.25) is 5.91 Å². The number of carbonyl (C=O) groups excluding carboxylic acids is 2. The Morgan fingerprint density at radius 1 is 1.10 bits per heavy atom. The van der Waals surface area contributed by atoms with Crippen molar-refractivity contribution in [2.45, 2.75) is 19.4 Å². The Hall–Kier alpha value is -3.74. The van der Waals surface area contributed by atoms with Gasteiger partial charge in [0.05, 0.1) is 0 Å². The highest BCUT2D eigenvalue weighted by molar-refractivity contribution is 5.95. The summed E-state index contributed by atoms with van der Waals surface area (Å²) in [5.41, 5.74) is 1.30. The number of nitrogens with zero attached hydrogens (tertiary/aromatic N) is 2. The fraction of sp³-hybridized carbons (Fsp3) is 0.174. The van der Waals surface area contributed by atoms with E-state index >= 15 is 0 Å². The van der Waals surface area contributed by atoms with E-state index in [1.165, 1.54) is 24.3 Å². The molecule has 30 heavy (non-hydrogen) atoms. The number of hydrogen-bond donors (Lipinski definition) is 1. The SMILES string of the molecule is O=C(NCc1ccnc(N2CCCC2=O)c1)c1cccc(Oc2ccc(F)cc2)c1. The van der Waals surface area contributed by atoms with Crippen LogP contribution in [0.15, 0.2) is 66.9 Å². The van der Waals surface area contributed by atoms with Gasteiger partial charge in [-0.3, -0.25) is 14.5 Å². The van der Waals surface area contributed by atoms with Gasteiger partial charge in [0, 0.05) is 31.3 Å². The number of anilines is 1. The summed E-state index contributed by atoms with van der Waals surface area (Å²) in [6, 6.07) is 16.0. The Bertz CT molecular complexity index is 1070. The van der Waals surface area contributed by atoms with E-state index in [-0.39, 0.29) is 17.6 Å². The predicted octanol–water partition coefficient (Wildman–Crippen LogP) is 4.07. The highest BCUT2D eigenvalue weighted by Crippen LogP contribution is 2.23. The van der Waals surface area contributed by atoms with Gasteiger partial charge in [0.25, 0.3) is 5.91 Å². The minimum atomic E-state index is -0.344. The Morgan fingerprint density at radius 2 is 1.93 bits per heavy atom. The van der Waals surface area contributed by atoms with Crippen LogP contribution in [0.2, 0.25) is 0 Å². The highest BCUT2D eigenvalue weighted by atomic mass is 19.1. The summed E-state index contributed by atoms with van der Waals surface area (Å²) in [6.07, 6.45) is 3.01. The van der Waals surface area contributed by atoms with Crippen LogP contribution < -0.4 is 15.0 Å². The van der Waals surface area contributed by atoms with Crippen molar-refractivity contribution in [2.75, 3.05) is 11.4 Å². The molecule has 152 valence electrons. The first-order chi connectivity index (χ1) is 14.6. The van der Waals surface area contributed by atoms with Gasteiger partial charge in [-0.25, -0.2) is 9.37 Å². The first-order valence-corrected chi connectivity index (χ1v) is 9.65. The average Bonchev–Trinajstić information content (AvgIpc) is 3.20. The van der Waals surface area contributed by atoms with Crippen molar-refractivity contribution in [1.29, 1.82) is 0 Å². The minimum Gasteiger partial charge on any atom is -0.457 e. The molecule has 2 heterocycles. The predicted molar refractivity (Wildman–Crippen MR) is 110 cm³/mol. The van der Waals surface area contributed by atoms with E-state index in [1.54, 1.807) is 41.4 Å². The molecular weight excluding hydrogens is 385 g/mol. The van der Waals surface area contributed by atoms with E-state index < -0.39 is 0 Å². The molecule has 2 amide bonds. The number of aromatic nitrogens is 1. The maximum atomic E-state index is 13.0. The van der Waals surface area contributed by atoms with Gasteiger partial charge in [-0.2, -0.15) is 0 Å². The van der Waals surface area contributed by atoms with Gasteiger partial charge in [0.15, 0.2) is 0 Å². The maximum Gasteiger partial charge on any atom is 0.251 e. The molecule has 1 N–H and O–H groups in total. The lowest BCUT2D eigenvalue weighted by Crippen LogP contribution is -2.26. The number of benzene rings is 2. The lowest BCUT2D eigenvalue weighted by atomic mass is 10.2. The van der Waals surface area contributed by atoms with Gasteiger partial charge in [-0.05, 0) is 66.6 Å². The summed E-state index contributed by atoms with van der Waals surface area (Å²) in [7, 11) is 0. The number of amides is 2. The molecule has 1 fully saturated rings. The van der Waals surface area contributed by atoms with Crippen LogP contribution in [0, 0.1) is 5.82 Å². The van der Waals surface area contributed by atoms with Gasteiger partial charge < -0.3 is 10.1 Å². The van der Waals surface area contributed by atoms with Crippen LogP contribution in [0.1, 0.15) is 28.8 Å². The van der Waals surface area contributed by atoms with Gasteiger partial charge in [-0.15, -0.1) is 0 Å². The van der Waals surface area contributed by atoms with Crippen molar-refractivity contribution in [3.63, 3.8) is 0 Å². The topological polar surface area (TPSA) is 71.5 Å². The standard InChI is InChI=1S/C23H20FN3O3/c24-18-6-8-19(9-7-18)30-20-4-1-3-17(14-20)23(29)26-15-16-10-11-25-21(13-16)27-12-2-5-22(27)28/h1,3-4,6-11,13-14H,2,5,12,15H2,(H,26,29). The Morgan fingerprint density at radius 3 is 2.70 bits per heavy atom. The second-order valence-electron chi connectivity index (χ2n) is 6.94. The van der Waals surface area contributed by atoms with E-state index in [2.05, 4.69) is 10.3 Å². The first-order valence-electron chi connectivity index (χ1n) is 9.65. The van der Waals surface area contributed by atoms with Crippen LogP contribution in [-0.4, -0.2) is 23.3 Å². The molecule has 7 heteroatoms. The average molecular weight is 405 g/mol. The van der Waals surface area contributed by atoms with Crippen LogP contribution in [0.25, 0.3) is 0 Å². The lowest BCUT2D eigenvalue weighted by Gasteiger charge is -2.15. The van der Waals surface area contributed by atoms with Gasteiger partial charge in [0.1, 0.15) is 23.1 Å². The number of nitrogens with one attached hydrogen (secondary N) is 1. The quantitative estimate of drug-likeness (QED) is 0.671. The van der Waals surface area contributed by atoms with Crippen molar-refractivity contribution < 1.29 is 18.7 Å². The number of rotatable bonds is 6. The van der Waals surface area contributed by atoms with Gasteiger partial charge >= 0.3 is 0 Å². The molecule has 1 aliphatic rings. The van der Waals surface area contributed by atoms with E-state index in [1.807, 2.05) is 6.07 Å². The van der Waals surface area contributed by atoms with Crippen LogP contribution in [-0.2, 0) is 11.3 Å². The van der Waals surface area contributed by atoms with Crippen molar-refractivity contribution >= 4 is 17.6 Å². The van der Waals surface area contributed by atoms with Crippen molar-refractivity contribution in [3.05, 3.63) is 83.8 Å². The third kappa shape index (κ3) is 4.63. The number of hydrogen-bond acceptors (Lipinski definition) is 4. The molecule has 2 aromatic carbocycles. The van der Waals surface area contributed by atoms with E-state index in [0.29, 0.717) is 42.4 Å². The second kappa shape index (κ2) is 8.73. The Labute approximate surface area is 173 Å². The number of pyridine rings is 1. The van der Waals surface area contributed by atoms with Crippen molar-refractivity contribution in [1.82, 2.24) is 10.3 Å². The summed E-state index contributed by atoms with van der Waals surface area (Å²) in [5.74, 6) is 1.04. The monoisotopic (exact) mass is 405 g/mol. The lowest BCUT2D eigenvalue weighted by molar-refractivity contribution is -0.117. The molecule has 6 nitrogen and oxygen atoms in total. The second-order valence-corrected chi connectivity index (χ2v) is 6.94. The Balaban J connectivity index is 1.39. The molecular formula is C23H20FN3O3. The van der Waals surface area contributed by atoms with Crippen molar-refractivity contribution in [2.24, 2.45) is 0 Å². The fourth-order valence-corrected chi connectivity index (χ4v) is 3.23. The van der Waals surface area contributed by atoms with Gasteiger partial charge in [-0.1, -0.05) is 6.07 Å². The first kappa shape index (κ1) is 19.6. The maximum absolute atomic E-state index is 13.0. The third-order valence-electron chi connectivity index (χ3n) is 4.76. The zero-order chi connectivity index (χ0) is 20.9. The summed E-state index contributed by atoms with van der Waals surface area (Å²) >= 11 is 0. The van der Waals surface area contributed by atoms with Crippen LogP contribution in [0.3, 0.4) is 0 Å². The summed E-state index contributed by atoms with van der Waals surface area (Å²) in [5, 5.41) is 2.87. The molecule has 0 unspecified atom stereocenters. The molecule has 0 spiro atoms. The summed E-state index contributed by atoms with van der Waals surface area (Å²) in [4.78, 5) is 30.4. The van der Waals surface area contributed by atoms with Crippen LogP contribution in [0.5, 0.6) is 11.5 Å². The zero-order valence-electron chi connectivity index (χ0n) is 16.2. The summed E-state index contributed by atoms with van der Waals surface area (Å²) < 4.78 is 18.7. The molecule has 4 rings (SSSR count). The molecule has 1 aliphatic heterocycles. The third-order valence-corrected chi connectivity index (χ3v) is 4.76. The normalized spacial score (nSPS) is 13.4. The minimum absolute atomic E-state index is 0.0710. The number of carbonyl (C=O) groups is 2. The smallest absolute Gasteiger partial charge is 0.251 e. The molecule has 0 radical (unpaired) electrons. The molecule has 1 aromatic heterocycles. The zero-order valence-corrected chi connectivity index (χ0v) is 16.2. The highest BCUT2D eigenvalue weighted by Gasteiger charge is 2.22. The molecule has 3 aromatic rings. The van der Waals surface area contributed by atoms with E-state index in [4.69, 9.17) is 4.74 Å². The molecule has 0 bridgehead atoms. The number of ether oxygens (including phenoxy) is 1. The fourth-order valence-electron chi connectivity index (χ4n) is 3.23. The van der Waals surface area contributed by atoms with E-state index in [0.717, 1.165) is 12.0 Å². The molecule has 1 saturated heterocycles. The van der Waals surface area contributed by atoms with Crippen LogP contribution in [0.4, 0.5) is 10.2 Å². The Kier molecular flexibility index (Phi) is 5.70. The van der Waals surface area contributed by atoms with Crippen molar-refractivity contribution in [3.8, 4) is 11.5 Å². The molecule has 0 saturated carbocycles. The molecule has 0 atom stereocenters. The number of halogens is 1. The largest absolute Gasteiger partial charge is 0.457 e.